The molecule has 0 fully saturated rings. The predicted molar refractivity (Wildman–Crippen MR) is 59.8 cm³/mol. The molecule has 2 nitrogen and oxygen atoms in total. The van der Waals surface area contributed by atoms with E-state index in [1.165, 1.54) is 18.3 Å². The van der Waals surface area contributed by atoms with Crippen LogP contribution in [0.5, 0.6) is 0 Å². The Morgan fingerprint density at radius 2 is 1.83 bits per heavy atom. The van der Waals surface area contributed by atoms with E-state index >= 15 is 0 Å². The summed E-state index contributed by atoms with van der Waals surface area (Å²) >= 11 is 4.83. The molecule has 2 aromatic rings. The standard InChI is InChI=1S/C11H6F4N2S/c12-9-3-6(1-2-8(9)11(13,14)15)7-4-10(18)17-16-5-7/h1-5H,(H,17,18). The van der Waals surface area contributed by atoms with Crippen LogP contribution >= 0.6 is 12.2 Å². The summed E-state index contributed by atoms with van der Waals surface area (Å²) in [5, 5.41) is 6.17. The third kappa shape index (κ3) is 2.56. The summed E-state index contributed by atoms with van der Waals surface area (Å²) in [6.07, 6.45) is -3.34. The minimum absolute atomic E-state index is 0.285. The number of halogens is 4. The molecule has 1 aromatic carbocycles. The van der Waals surface area contributed by atoms with Crippen LogP contribution < -0.4 is 0 Å². The Morgan fingerprint density at radius 1 is 1.11 bits per heavy atom. The van der Waals surface area contributed by atoms with E-state index in [1.54, 1.807) is 0 Å². The first-order valence-corrected chi connectivity index (χ1v) is 5.20. The normalized spacial score (nSPS) is 11.6. The van der Waals surface area contributed by atoms with Gasteiger partial charge in [0.05, 0.1) is 11.8 Å². The maximum absolute atomic E-state index is 13.4. The zero-order valence-corrected chi connectivity index (χ0v) is 9.57. The van der Waals surface area contributed by atoms with Crippen molar-refractivity contribution < 1.29 is 17.6 Å². The largest absolute Gasteiger partial charge is 0.419 e. The highest BCUT2D eigenvalue weighted by Crippen LogP contribution is 2.33. The molecular formula is C11H6F4N2S. The first kappa shape index (κ1) is 12.7. The molecular weight excluding hydrogens is 268 g/mol. The van der Waals surface area contributed by atoms with E-state index in [4.69, 9.17) is 12.2 Å². The maximum atomic E-state index is 13.4. The van der Waals surface area contributed by atoms with Gasteiger partial charge in [0.15, 0.2) is 0 Å². The first-order chi connectivity index (χ1) is 8.38. The van der Waals surface area contributed by atoms with Gasteiger partial charge >= 0.3 is 6.18 Å². The summed E-state index contributed by atoms with van der Waals surface area (Å²) in [4.78, 5) is 0. The summed E-state index contributed by atoms with van der Waals surface area (Å²) in [5.41, 5.74) is -0.556. The van der Waals surface area contributed by atoms with Crippen LogP contribution in [0.25, 0.3) is 11.1 Å². The van der Waals surface area contributed by atoms with Crippen LogP contribution in [0.15, 0.2) is 30.5 Å². The highest BCUT2D eigenvalue weighted by atomic mass is 32.1. The zero-order chi connectivity index (χ0) is 13.3. The van der Waals surface area contributed by atoms with Gasteiger partial charge in [-0.2, -0.15) is 18.3 Å². The van der Waals surface area contributed by atoms with Crippen molar-refractivity contribution in [3.63, 3.8) is 0 Å². The SMILES string of the molecule is Fc1cc(-c2cn[nH]c(=S)c2)ccc1C(F)(F)F. The lowest BCUT2D eigenvalue weighted by Gasteiger charge is -2.09. The molecule has 94 valence electrons. The molecule has 0 saturated heterocycles. The number of hydrogen-bond acceptors (Lipinski definition) is 2. The molecule has 18 heavy (non-hydrogen) atoms. The molecule has 0 aliphatic rings. The summed E-state index contributed by atoms with van der Waals surface area (Å²) < 4.78 is 50.8. The van der Waals surface area contributed by atoms with Crippen molar-refractivity contribution in [2.24, 2.45) is 0 Å². The minimum atomic E-state index is -4.70. The van der Waals surface area contributed by atoms with E-state index in [-0.39, 0.29) is 5.56 Å². The van der Waals surface area contributed by atoms with Crippen molar-refractivity contribution in [2.75, 3.05) is 0 Å². The molecule has 0 amide bonds. The van der Waals surface area contributed by atoms with E-state index in [1.807, 2.05) is 0 Å². The van der Waals surface area contributed by atoms with Gasteiger partial charge in [0.2, 0.25) is 0 Å². The summed E-state index contributed by atoms with van der Waals surface area (Å²) in [6, 6.07) is 4.18. The van der Waals surface area contributed by atoms with Crippen molar-refractivity contribution in [3.05, 3.63) is 46.5 Å². The van der Waals surface area contributed by atoms with Gasteiger partial charge in [-0.3, -0.25) is 5.10 Å². The molecule has 1 aromatic heterocycles. The van der Waals surface area contributed by atoms with Crippen molar-refractivity contribution in [1.29, 1.82) is 0 Å². The first-order valence-electron chi connectivity index (χ1n) is 4.80. The highest BCUT2D eigenvalue weighted by molar-refractivity contribution is 7.71. The Labute approximate surface area is 104 Å². The van der Waals surface area contributed by atoms with E-state index < -0.39 is 17.6 Å². The second-order valence-corrected chi connectivity index (χ2v) is 3.97. The Morgan fingerprint density at radius 3 is 2.39 bits per heavy atom. The molecule has 0 atom stereocenters. The third-order valence-electron chi connectivity index (χ3n) is 2.27. The fourth-order valence-electron chi connectivity index (χ4n) is 1.46. The molecule has 0 saturated carbocycles. The van der Waals surface area contributed by atoms with Gasteiger partial charge < -0.3 is 0 Å². The summed E-state index contributed by atoms with van der Waals surface area (Å²) in [5.74, 6) is -1.32. The predicted octanol–water partition coefficient (Wildman–Crippen LogP) is 3.96. The molecule has 0 radical (unpaired) electrons. The number of hydrogen-bond donors (Lipinski definition) is 1. The van der Waals surface area contributed by atoms with Crippen LogP contribution in [0.1, 0.15) is 5.56 Å². The number of benzene rings is 1. The van der Waals surface area contributed by atoms with Crippen LogP contribution in [0.3, 0.4) is 0 Å². The lowest BCUT2D eigenvalue weighted by molar-refractivity contribution is -0.139. The average molecular weight is 274 g/mol. The van der Waals surface area contributed by atoms with Gasteiger partial charge in [-0.25, -0.2) is 4.39 Å². The fourth-order valence-corrected chi connectivity index (χ4v) is 1.64. The highest BCUT2D eigenvalue weighted by Gasteiger charge is 2.33. The van der Waals surface area contributed by atoms with Crippen LogP contribution in [0, 0.1) is 10.5 Å². The van der Waals surface area contributed by atoms with Gasteiger partial charge in [-0.15, -0.1) is 0 Å². The zero-order valence-electron chi connectivity index (χ0n) is 8.75. The van der Waals surface area contributed by atoms with E-state index in [0.29, 0.717) is 16.3 Å². The van der Waals surface area contributed by atoms with Crippen molar-refractivity contribution in [3.8, 4) is 11.1 Å². The van der Waals surface area contributed by atoms with Gasteiger partial charge in [-0.1, -0.05) is 18.3 Å². The number of nitrogens with one attached hydrogen (secondary N) is 1. The van der Waals surface area contributed by atoms with Crippen LogP contribution in [-0.2, 0) is 6.18 Å². The number of rotatable bonds is 1. The van der Waals surface area contributed by atoms with Crippen molar-refractivity contribution >= 4 is 12.2 Å². The molecule has 0 spiro atoms. The Hall–Kier alpha value is -1.76. The molecule has 1 heterocycles. The minimum Gasteiger partial charge on any atom is -0.268 e. The second-order valence-electron chi connectivity index (χ2n) is 3.53. The number of aromatic nitrogens is 2. The molecule has 0 unspecified atom stereocenters. The smallest absolute Gasteiger partial charge is 0.268 e. The van der Waals surface area contributed by atoms with E-state index in [0.717, 1.165) is 6.07 Å². The van der Waals surface area contributed by atoms with Gasteiger partial charge in [0.25, 0.3) is 0 Å². The Balaban J connectivity index is 2.50. The van der Waals surface area contributed by atoms with Gasteiger partial charge in [0, 0.05) is 5.56 Å². The molecule has 0 aliphatic heterocycles. The van der Waals surface area contributed by atoms with E-state index in [2.05, 4.69) is 10.2 Å². The third-order valence-corrected chi connectivity index (χ3v) is 2.48. The Kier molecular flexibility index (Phi) is 3.16. The molecule has 7 heteroatoms. The monoisotopic (exact) mass is 274 g/mol. The van der Waals surface area contributed by atoms with Crippen molar-refractivity contribution in [1.82, 2.24) is 10.2 Å². The second kappa shape index (κ2) is 4.49. The molecule has 1 N–H and O–H groups in total. The van der Waals surface area contributed by atoms with Crippen LogP contribution in [0.4, 0.5) is 17.6 Å². The summed E-state index contributed by atoms with van der Waals surface area (Å²) in [7, 11) is 0. The quantitative estimate of drug-likeness (QED) is 0.629. The van der Waals surface area contributed by atoms with Crippen LogP contribution in [0.2, 0.25) is 0 Å². The number of alkyl halides is 3. The fraction of sp³-hybridized carbons (Fsp3) is 0.0909. The number of nitrogens with zero attached hydrogens (tertiary/aromatic N) is 1. The van der Waals surface area contributed by atoms with Crippen LogP contribution in [-0.4, -0.2) is 10.2 Å². The maximum Gasteiger partial charge on any atom is 0.419 e. The van der Waals surface area contributed by atoms with E-state index in [9.17, 15) is 17.6 Å². The van der Waals surface area contributed by atoms with Gasteiger partial charge in [0.1, 0.15) is 10.5 Å². The van der Waals surface area contributed by atoms with Crippen molar-refractivity contribution in [2.45, 2.75) is 6.18 Å². The average Bonchev–Trinajstić information content (AvgIpc) is 2.27. The summed E-state index contributed by atoms with van der Waals surface area (Å²) in [6.45, 7) is 0. The Bertz CT molecular complexity index is 633. The molecule has 0 aliphatic carbocycles. The molecule has 2 rings (SSSR count). The number of aromatic amines is 1. The topological polar surface area (TPSA) is 28.7 Å². The molecule has 0 bridgehead atoms. The van der Waals surface area contributed by atoms with Gasteiger partial charge in [-0.05, 0) is 23.8 Å². The lowest BCUT2D eigenvalue weighted by Crippen LogP contribution is -2.07. The lowest BCUT2D eigenvalue weighted by atomic mass is 10.1. The number of H-pyrrole nitrogens is 1.